The minimum atomic E-state index is -1.04. The van der Waals surface area contributed by atoms with Crippen LogP contribution in [0.3, 0.4) is 0 Å². The topological polar surface area (TPSA) is 119 Å². The number of carboxylic acids is 1. The van der Waals surface area contributed by atoms with E-state index in [4.69, 9.17) is 15.0 Å². The summed E-state index contributed by atoms with van der Waals surface area (Å²) in [4.78, 5) is 33.6. The molecule has 1 saturated heterocycles. The molecule has 9 nitrogen and oxygen atoms in total. The van der Waals surface area contributed by atoms with Crippen LogP contribution in [0.5, 0.6) is 5.75 Å². The van der Waals surface area contributed by atoms with Crippen LogP contribution in [0, 0.1) is 11.3 Å². The highest BCUT2D eigenvalue weighted by atomic mass is 16.5. The van der Waals surface area contributed by atoms with E-state index < -0.39 is 5.97 Å². The molecule has 3 aromatic rings. The van der Waals surface area contributed by atoms with E-state index in [-0.39, 0.29) is 11.5 Å². The lowest BCUT2D eigenvalue weighted by atomic mass is 10.1. The number of nitrogens with one attached hydrogen (secondary N) is 1. The predicted molar refractivity (Wildman–Crippen MR) is 138 cm³/mol. The van der Waals surface area contributed by atoms with Crippen molar-refractivity contribution in [2.24, 2.45) is 0 Å². The molecule has 0 aliphatic carbocycles. The number of benzene rings is 2. The number of anilines is 2. The largest absolute Gasteiger partial charge is 0.497 e. The van der Waals surface area contributed by atoms with E-state index in [1.54, 1.807) is 31.4 Å². The van der Waals surface area contributed by atoms with Crippen LogP contribution >= 0.6 is 0 Å². The SMILES string of the molecule is COc1ccc(CCC(=O)Nc2ccc3nc(N4CCN(CCC#N)CC4)cc(C(=O)O)c3c2)cc1. The standard InChI is InChI=1S/C27H29N5O4/c1-36-21-7-3-19(4-8-21)5-10-26(33)29-20-6-9-24-22(17-20)23(27(34)35)18-25(30-24)32-15-13-31(14-16-32)12-2-11-28/h3-4,6-9,17-18H,2,5,10,12-16H2,1H3,(H,29,33)(H,34,35). The summed E-state index contributed by atoms with van der Waals surface area (Å²) in [6.45, 7) is 3.76. The van der Waals surface area contributed by atoms with Gasteiger partial charge in [-0.2, -0.15) is 5.26 Å². The maximum Gasteiger partial charge on any atom is 0.336 e. The number of fused-ring (bicyclic) bond motifs is 1. The van der Waals surface area contributed by atoms with Crippen molar-refractivity contribution in [1.29, 1.82) is 5.26 Å². The van der Waals surface area contributed by atoms with Crippen molar-refractivity contribution in [2.75, 3.05) is 50.1 Å². The molecule has 4 rings (SSSR count). The second-order valence-electron chi connectivity index (χ2n) is 8.70. The third-order valence-corrected chi connectivity index (χ3v) is 6.35. The molecule has 2 N–H and O–H groups in total. The molecule has 0 saturated carbocycles. The zero-order valence-electron chi connectivity index (χ0n) is 20.2. The summed E-state index contributed by atoms with van der Waals surface area (Å²) < 4.78 is 5.15. The molecule has 0 bridgehead atoms. The van der Waals surface area contributed by atoms with Gasteiger partial charge in [-0.25, -0.2) is 9.78 Å². The van der Waals surface area contributed by atoms with E-state index in [0.29, 0.717) is 54.8 Å². The van der Waals surface area contributed by atoms with Gasteiger partial charge in [0.2, 0.25) is 5.91 Å². The van der Waals surface area contributed by atoms with Gasteiger partial charge in [0.15, 0.2) is 0 Å². The molecule has 1 aromatic heterocycles. The third kappa shape index (κ3) is 6.09. The van der Waals surface area contributed by atoms with E-state index >= 15 is 0 Å². The Labute approximate surface area is 209 Å². The van der Waals surface area contributed by atoms with Gasteiger partial charge in [0.1, 0.15) is 11.6 Å². The molecule has 0 spiro atoms. The summed E-state index contributed by atoms with van der Waals surface area (Å²) in [5.41, 5.74) is 2.27. The van der Waals surface area contributed by atoms with E-state index in [0.717, 1.165) is 30.9 Å². The van der Waals surface area contributed by atoms with E-state index in [2.05, 4.69) is 21.2 Å². The average molecular weight is 488 g/mol. The van der Waals surface area contributed by atoms with Gasteiger partial charge in [0, 0.05) is 56.6 Å². The molecule has 0 atom stereocenters. The Morgan fingerprint density at radius 3 is 2.53 bits per heavy atom. The maximum atomic E-state index is 12.5. The second-order valence-corrected chi connectivity index (χ2v) is 8.70. The molecule has 0 unspecified atom stereocenters. The van der Waals surface area contributed by atoms with Crippen LogP contribution in [0.2, 0.25) is 0 Å². The van der Waals surface area contributed by atoms with Crippen molar-refractivity contribution in [2.45, 2.75) is 19.3 Å². The summed E-state index contributed by atoms with van der Waals surface area (Å²) in [5, 5.41) is 22.0. The highest BCUT2D eigenvalue weighted by Crippen LogP contribution is 2.27. The number of piperazine rings is 1. The smallest absolute Gasteiger partial charge is 0.336 e. The van der Waals surface area contributed by atoms with Gasteiger partial charge in [-0.15, -0.1) is 0 Å². The summed E-state index contributed by atoms with van der Waals surface area (Å²) in [6, 6.07) is 16.5. The zero-order valence-corrected chi connectivity index (χ0v) is 20.2. The Kier molecular flexibility index (Phi) is 7.98. The Morgan fingerprint density at radius 1 is 1.11 bits per heavy atom. The quantitative estimate of drug-likeness (QED) is 0.470. The lowest BCUT2D eigenvalue weighted by molar-refractivity contribution is -0.116. The number of nitrogens with zero attached hydrogens (tertiary/aromatic N) is 4. The number of amides is 1. The summed E-state index contributed by atoms with van der Waals surface area (Å²) in [5.74, 6) is 0.194. The minimum absolute atomic E-state index is 0.149. The molecule has 9 heteroatoms. The van der Waals surface area contributed by atoms with Crippen molar-refractivity contribution >= 4 is 34.3 Å². The first-order valence-electron chi connectivity index (χ1n) is 11.9. The van der Waals surface area contributed by atoms with Gasteiger partial charge >= 0.3 is 5.97 Å². The fourth-order valence-electron chi connectivity index (χ4n) is 4.31. The number of aromatic carboxylic acids is 1. The van der Waals surface area contributed by atoms with Crippen molar-refractivity contribution < 1.29 is 19.4 Å². The molecule has 1 aliphatic heterocycles. The molecule has 1 aliphatic rings. The molecule has 0 radical (unpaired) electrons. The number of carbonyl (C=O) groups excluding carboxylic acids is 1. The Balaban J connectivity index is 1.45. The van der Waals surface area contributed by atoms with Crippen LogP contribution < -0.4 is 15.0 Å². The molecule has 1 fully saturated rings. The average Bonchev–Trinajstić information content (AvgIpc) is 2.90. The number of rotatable bonds is 9. The van der Waals surface area contributed by atoms with Gasteiger partial charge in [-0.05, 0) is 48.4 Å². The molecule has 186 valence electrons. The van der Waals surface area contributed by atoms with Crippen molar-refractivity contribution in [3.8, 4) is 11.8 Å². The molecular formula is C27H29N5O4. The number of carbonyl (C=O) groups is 2. The number of hydrogen-bond acceptors (Lipinski definition) is 7. The Bertz CT molecular complexity index is 1280. The van der Waals surface area contributed by atoms with Gasteiger partial charge in [0.25, 0.3) is 0 Å². The van der Waals surface area contributed by atoms with Crippen molar-refractivity contribution in [3.05, 3.63) is 59.7 Å². The predicted octanol–water partition coefficient (Wildman–Crippen LogP) is 3.55. The number of nitriles is 1. The molecule has 36 heavy (non-hydrogen) atoms. The van der Waals surface area contributed by atoms with Crippen LogP contribution in [0.4, 0.5) is 11.5 Å². The van der Waals surface area contributed by atoms with E-state index in [1.165, 1.54) is 0 Å². The number of aryl methyl sites for hydroxylation is 1. The van der Waals surface area contributed by atoms with Crippen molar-refractivity contribution in [1.82, 2.24) is 9.88 Å². The fraction of sp³-hybridized carbons (Fsp3) is 0.333. The number of hydrogen-bond donors (Lipinski definition) is 2. The molecule has 2 aromatic carbocycles. The summed E-state index contributed by atoms with van der Waals surface area (Å²) in [7, 11) is 1.61. The lowest BCUT2D eigenvalue weighted by Crippen LogP contribution is -2.46. The van der Waals surface area contributed by atoms with Gasteiger partial charge in [-0.1, -0.05) is 12.1 Å². The number of methoxy groups -OCH3 is 1. The monoisotopic (exact) mass is 487 g/mol. The van der Waals surface area contributed by atoms with Gasteiger partial charge in [-0.3, -0.25) is 9.69 Å². The number of ether oxygens (including phenoxy) is 1. The van der Waals surface area contributed by atoms with Gasteiger partial charge < -0.3 is 20.1 Å². The number of carboxylic acid groups (broad SMARTS) is 1. The maximum absolute atomic E-state index is 12.5. The van der Waals surface area contributed by atoms with Gasteiger partial charge in [0.05, 0.1) is 24.3 Å². The first kappa shape index (κ1) is 24.9. The Hall–Kier alpha value is -4.16. The Morgan fingerprint density at radius 2 is 1.86 bits per heavy atom. The normalized spacial score (nSPS) is 13.8. The van der Waals surface area contributed by atoms with Crippen LogP contribution in [0.15, 0.2) is 48.5 Å². The zero-order chi connectivity index (χ0) is 25.5. The van der Waals surface area contributed by atoms with Crippen molar-refractivity contribution in [3.63, 3.8) is 0 Å². The highest BCUT2D eigenvalue weighted by Gasteiger charge is 2.21. The second kappa shape index (κ2) is 11.5. The number of pyridine rings is 1. The highest BCUT2D eigenvalue weighted by molar-refractivity contribution is 6.05. The molecular weight excluding hydrogens is 458 g/mol. The minimum Gasteiger partial charge on any atom is -0.497 e. The first-order chi connectivity index (χ1) is 17.5. The number of aromatic nitrogens is 1. The lowest BCUT2D eigenvalue weighted by Gasteiger charge is -2.35. The van der Waals surface area contributed by atoms with E-state index in [1.807, 2.05) is 24.3 Å². The first-order valence-corrected chi connectivity index (χ1v) is 11.9. The summed E-state index contributed by atoms with van der Waals surface area (Å²) >= 11 is 0. The molecule has 2 heterocycles. The fourth-order valence-corrected chi connectivity index (χ4v) is 4.31. The van der Waals surface area contributed by atoms with Crippen LogP contribution in [-0.2, 0) is 11.2 Å². The van der Waals surface area contributed by atoms with Crippen LogP contribution in [0.25, 0.3) is 10.9 Å². The van der Waals surface area contributed by atoms with E-state index in [9.17, 15) is 14.7 Å². The summed E-state index contributed by atoms with van der Waals surface area (Å²) in [6.07, 6.45) is 1.38. The molecule has 1 amide bonds. The third-order valence-electron chi connectivity index (χ3n) is 6.35. The van der Waals surface area contributed by atoms with Crippen LogP contribution in [-0.4, -0.2) is 66.7 Å². The van der Waals surface area contributed by atoms with Crippen LogP contribution in [0.1, 0.15) is 28.8 Å².